The zero-order valence-electron chi connectivity index (χ0n) is 28.0. The number of halogens is 2. The van der Waals surface area contributed by atoms with Gasteiger partial charge in [0.2, 0.25) is 0 Å². The van der Waals surface area contributed by atoms with Crippen LogP contribution in [0.3, 0.4) is 0 Å². The van der Waals surface area contributed by atoms with Gasteiger partial charge in [0.15, 0.2) is 0 Å². The summed E-state index contributed by atoms with van der Waals surface area (Å²) in [5, 5.41) is 4.96. The Labute approximate surface area is 292 Å². The van der Waals surface area contributed by atoms with Crippen LogP contribution in [0.4, 0.5) is 0 Å². The van der Waals surface area contributed by atoms with E-state index in [1.807, 2.05) is 0 Å². The SMILES string of the molecule is CCc1ccc2ccccc2c1[C]1([Zr]([Cl])([Cl])(=[Si](C)C)[C]2(c3c(CC)ccc4ccccc34)C=Cc3ccccc32)C=Cc2ccccc21. The molecule has 0 heterocycles. The van der Waals surface area contributed by atoms with Crippen LogP contribution >= 0.6 is 17.0 Å². The van der Waals surface area contributed by atoms with E-state index in [4.69, 9.17) is 0 Å². The average Bonchev–Trinajstić information content (AvgIpc) is 3.72. The topological polar surface area (TPSA) is 0 Å². The van der Waals surface area contributed by atoms with Crippen LogP contribution in [0.2, 0.25) is 13.1 Å². The second-order valence-corrected chi connectivity index (χ2v) is 51.8. The van der Waals surface area contributed by atoms with Crippen LogP contribution in [0.25, 0.3) is 33.7 Å². The molecular weight excluding hydrogens is 719 g/mol. The Bertz CT molecular complexity index is 2270. The summed E-state index contributed by atoms with van der Waals surface area (Å²) in [5.41, 5.74) is 8.73. The second kappa shape index (κ2) is 11.5. The minimum atomic E-state index is -5.70. The standard InChI is InChI=1S/2C21H17.C2H6Si.2ClH.Zr/c2*1-2-15-11-12-17-8-4-6-10-19(17)21(15)20-14-13-16-7-3-5-9-18(16)20;1-3-2;;;/h2*3-14H,2H2,1H3;1-2H3;2*1H;/q;;;;;+2/p-2. The van der Waals surface area contributed by atoms with Crippen molar-refractivity contribution in [2.24, 2.45) is 0 Å². The quantitative estimate of drug-likeness (QED) is 0.148. The summed E-state index contributed by atoms with van der Waals surface area (Å²) in [7, 11) is 18.7. The molecule has 0 amide bonds. The molecular formula is C44H40Cl2SiZr. The minimum absolute atomic E-state index is 0.713. The van der Waals surface area contributed by atoms with Gasteiger partial charge in [-0.25, -0.2) is 0 Å². The summed E-state index contributed by atoms with van der Waals surface area (Å²) in [6, 6.07) is 44.9. The van der Waals surface area contributed by atoms with Crippen molar-refractivity contribution in [3.05, 3.63) is 178 Å². The van der Waals surface area contributed by atoms with Crippen molar-refractivity contribution in [3.63, 3.8) is 0 Å². The molecule has 0 N–H and O–H groups in total. The van der Waals surface area contributed by atoms with Gasteiger partial charge in [0.25, 0.3) is 0 Å². The monoisotopic (exact) mass is 756 g/mol. The van der Waals surface area contributed by atoms with E-state index in [0.717, 1.165) is 12.8 Å². The molecule has 0 aliphatic heterocycles. The number of hydrogen-bond donors (Lipinski definition) is 0. The second-order valence-electron chi connectivity index (χ2n) is 13.8. The van der Waals surface area contributed by atoms with Gasteiger partial charge in [0, 0.05) is 0 Å². The molecule has 8 rings (SSSR count). The Balaban J connectivity index is 1.70. The molecule has 0 radical (unpaired) electrons. The molecule has 0 fully saturated rings. The predicted molar refractivity (Wildman–Crippen MR) is 208 cm³/mol. The summed E-state index contributed by atoms with van der Waals surface area (Å²) in [6.07, 6.45) is 11.4. The number of allylic oxidation sites excluding steroid dienone is 2. The normalized spacial score (nSPS) is 20.0. The Hall–Kier alpha value is -3.00. The van der Waals surface area contributed by atoms with Gasteiger partial charge < -0.3 is 0 Å². The van der Waals surface area contributed by atoms with Gasteiger partial charge in [-0.2, -0.15) is 0 Å². The summed E-state index contributed by atoms with van der Waals surface area (Å²) < 4.78 is -1.43. The maximum atomic E-state index is 9.36. The maximum absolute atomic E-state index is 9.36. The fourth-order valence-electron chi connectivity index (χ4n) is 9.51. The van der Waals surface area contributed by atoms with Crippen LogP contribution in [-0.4, -0.2) is 5.43 Å². The molecule has 0 saturated carbocycles. The van der Waals surface area contributed by atoms with E-state index < -0.39 is 26.7 Å². The van der Waals surface area contributed by atoms with Crippen LogP contribution < -0.4 is 0 Å². The van der Waals surface area contributed by atoms with Crippen molar-refractivity contribution in [1.82, 2.24) is 0 Å². The van der Waals surface area contributed by atoms with E-state index >= 15 is 0 Å². The number of rotatable bonds is 6. The van der Waals surface area contributed by atoms with Crippen LogP contribution in [0, 0.1) is 0 Å². The van der Waals surface area contributed by atoms with E-state index in [-0.39, 0.29) is 0 Å². The zero-order chi connectivity index (χ0) is 33.3. The fourth-order valence-corrected chi connectivity index (χ4v) is 43.3. The first kappa shape index (κ1) is 32.2. The molecule has 0 bridgehead atoms. The zero-order valence-corrected chi connectivity index (χ0v) is 33.0. The average molecular weight is 759 g/mol. The fraction of sp³-hybridized carbons (Fsp3) is 0.182. The molecule has 4 heteroatoms. The third kappa shape index (κ3) is 3.93. The van der Waals surface area contributed by atoms with Crippen LogP contribution in [0.5, 0.6) is 0 Å². The van der Waals surface area contributed by atoms with E-state index in [9.17, 15) is 17.0 Å². The number of hydrogen-bond acceptors (Lipinski definition) is 0. The molecule has 6 aromatic rings. The molecule has 2 atom stereocenters. The van der Waals surface area contributed by atoms with Gasteiger partial charge in [-0.15, -0.1) is 0 Å². The van der Waals surface area contributed by atoms with E-state index in [1.165, 1.54) is 66.1 Å². The van der Waals surface area contributed by atoms with Gasteiger partial charge in [0.05, 0.1) is 0 Å². The van der Waals surface area contributed by atoms with Gasteiger partial charge >= 0.3 is 295 Å². The van der Waals surface area contributed by atoms with Crippen LogP contribution in [0.15, 0.2) is 133 Å². The predicted octanol–water partition coefficient (Wildman–Crippen LogP) is 12.6. The summed E-state index contributed by atoms with van der Waals surface area (Å²) in [5.74, 6) is 0. The molecule has 6 aromatic carbocycles. The summed E-state index contributed by atoms with van der Waals surface area (Å²) >= 11 is -5.70. The summed E-state index contributed by atoms with van der Waals surface area (Å²) in [6.45, 7) is 9.41. The first-order valence-electron chi connectivity index (χ1n) is 17.2. The third-order valence-corrected chi connectivity index (χ3v) is 61.7. The molecule has 0 nitrogen and oxygen atoms in total. The molecule has 0 aromatic heterocycles. The van der Waals surface area contributed by atoms with Crippen molar-refractivity contribution in [3.8, 4) is 0 Å². The molecule has 0 spiro atoms. The van der Waals surface area contributed by atoms with Crippen molar-refractivity contribution in [1.29, 1.82) is 0 Å². The first-order valence-corrected chi connectivity index (χ1v) is 32.2. The first-order chi connectivity index (χ1) is 23.2. The van der Waals surface area contributed by atoms with E-state index in [2.05, 4.69) is 173 Å². The van der Waals surface area contributed by atoms with Gasteiger partial charge in [-0.1, -0.05) is 0 Å². The van der Waals surface area contributed by atoms with Crippen LogP contribution in [0.1, 0.15) is 58.4 Å². The van der Waals surface area contributed by atoms with Crippen molar-refractivity contribution < 1.29 is 15.0 Å². The third-order valence-electron chi connectivity index (χ3n) is 11.6. The Morgan fingerprint density at radius 1 is 0.521 bits per heavy atom. The van der Waals surface area contributed by atoms with E-state index in [1.54, 1.807) is 0 Å². The Morgan fingerprint density at radius 2 is 0.917 bits per heavy atom. The Morgan fingerprint density at radius 3 is 1.33 bits per heavy atom. The van der Waals surface area contributed by atoms with E-state index in [0.29, 0.717) is 0 Å². The van der Waals surface area contributed by atoms with Crippen molar-refractivity contribution in [2.75, 3.05) is 0 Å². The molecule has 2 aliphatic rings. The molecule has 2 unspecified atom stereocenters. The Kier molecular flexibility index (Phi) is 7.74. The van der Waals surface area contributed by atoms with Gasteiger partial charge in [0.1, 0.15) is 0 Å². The molecule has 48 heavy (non-hydrogen) atoms. The number of benzene rings is 6. The van der Waals surface area contributed by atoms with Crippen LogP contribution in [-0.2, 0) is 34.1 Å². The number of aryl methyl sites for hydroxylation is 2. The molecule has 2 aliphatic carbocycles. The van der Waals surface area contributed by atoms with Crippen molar-refractivity contribution in [2.45, 2.75) is 46.0 Å². The van der Waals surface area contributed by atoms with Gasteiger partial charge in [-0.3, -0.25) is 0 Å². The summed E-state index contributed by atoms with van der Waals surface area (Å²) in [4.78, 5) is 0. The number of fused-ring (bicyclic) bond motifs is 4. The molecule has 238 valence electrons. The van der Waals surface area contributed by atoms with Gasteiger partial charge in [-0.05, 0) is 0 Å². The molecule has 0 saturated heterocycles. The van der Waals surface area contributed by atoms with Crippen molar-refractivity contribution >= 4 is 56.2 Å².